The van der Waals surface area contributed by atoms with Gasteiger partial charge in [-0.05, 0) is 25.1 Å². The molecule has 5 nitrogen and oxygen atoms in total. The van der Waals surface area contributed by atoms with Gasteiger partial charge >= 0.3 is 0 Å². The zero-order valence-electron chi connectivity index (χ0n) is 11.1. The summed E-state index contributed by atoms with van der Waals surface area (Å²) in [6.07, 6.45) is 0.655. The first-order valence-corrected chi connectivity index (χ1v) is 7.42. The molecule has 0 aliphatic carbocycles. The van der Waals surface area contributed by atoms with Crippen molar-refractivity contribution in [1.82, 2.24) is 0 Å². The van der Waals surface area contributed by atoms with Gasteiger partial charge in [0.25, 0.3) is 6.02 Å². The van der Waals surface area contributed by atoms with Crippen molar-refractivity contribution in [1.29, 1.82) is 0 Å². The largest absolute Gasteiger partial charge is 0.484 e. The number of benzene rings is 1. The monoisotopic (exact) mass is 338 g/mol. The minimum Gasteiger partial charge on any atom is -0.484 e. The zero-order chi connectivity index (χ0) is 14.0. The molecule has 20 heavy (non-hydrogen) atoms. The molecule has 3 aliphatic heterocycles. The van der Waals surface area contributed by atoms with Gasteiger partial charge < -0.3 is 19.9 Å². The molecule has 1 spiro atoms. The summed E-state index contributed by atoms with van der Waals surface area (Å²) in [5.41, 5.74) is 5.76. The molecule has 3 aliphatic rings. The van der Waals surface area contributed by atoms with Gasteiger partial charge in [0.1, 0.15) is 24.1 Å². The van der Waals surface area contributed by atoms with Crippen molar-refractivity contribution in [3.8, 4) is 5.75 Å². The molecular formula is C14H15BrN2O3. The highest BCUT2D eigenvalue weighted by molar-refractivity contribution is 9.10. The number of nitrogens with zero attached hydrogens (tertiary/aromatic N) is 1. The Bertz CT molecular complexity index is 620. The Balaban J connectivity index is 1.97. The predicted molar refractivity (Wildman–Crippen MR) is 76.8 cm³/mol. The Hall–Kier alpha value is -1.27. The van der Waals surface area contributed by atoms with E-state index in [4.69, 9.17) is 19.9 Å². The Labute approximate surface area is 125 Å². The van der Waals surface area contributed by atoms with E-state index in [1.165, 1.54) is 0 Å². The van der Waals surface area contributed by atoms with Crippen LogP contribution in [0.2, 0.25) is 0 Å². The Morgan fingerprint density at radius 2 is 2.30 bits per heavy atom. The Kier molecular flexibility index (Phi) is 2.42. The molecule has 1 aromatic rings. The van der Waals surface area contributed by atoms with Crippen molar-refractivity contribution in [3.05, 3.63) is 28.2 Å². The van der Waals surface area contributed by atoms with Gasteiger partial charge in [-0.15, -0.1) is 0 Å². The van der Waals surface area contributed by atoms with Gasteiger partial charge in [0.05, 0.1) is 6.61 Å². The van der Waals surface area contributed by atoms with Crippen LogP contribution in [0, 0.1) is 0 Å². The van der Waals surface area contributed by atoms with E-state index in [-0.39, 0.29) is 12.1 Å². The predicted octanol–water partition coefficient (Wildman–Crippen LogP) is 1.93. The number of nitrogens with two attached hydrogens (primary N) is 1. The maximum absolute atomic E-state index is 6.21. The van der Waals surface area contributed by atoms with Gasteiger partial charge in [0.15, 0.2) is 5.54 Å². The fourth-order valence-corrected chi connectivity index (χ4v) is 3.83. The molecule has 0 radical (unpaired) electrons. The zero-order valence-corrected chi connectivity index (χ0v) is 12.6. The fraction of sp³-hybridized carbons (Fsp3) is 0.500. The van der Waals surface area contributed by atoms with Gasteiger partial charge in [-0.3, -0.25) is 0 Å². The van der Waals surface area contributed by atoms with Gasteiger partial charge in [-0.25, -0.2) is 4.99 Å². The first kappa shape index (κ1) is 12.5. The molecule has 6 heteroatoms. The van der Waals surface area contributed by atoms with E-state index >= 15 is 0 Å². The number of fused-ring (bicyclic) bond motifs is 4. The summed E-state index contributed by atoms with van der Waals surface area (Å²) in [7, 11) is 0. The third-order valence-corrected chi connectivity index (χ3v) is 4.87. The maximum Gasteiger partial charge on any atom is 0.283 e. The van der Waals surface area contributed by atoms with Crippen molar-refractivity contribution < 1.29 is 14.2 Å². The summed E-state index contributed by atoms with van der Waals surface area (Å²) in [5.74, 6) is 0.833. The number of aliphatic imine (C=N–C) groups is 1. The second-order valence-electron chi connectivity index (χ2n) is 5.72. The SMILES string of the molecule is CC12CCOC1C1(COC(N)=N1)c1cc(Br)ccc1O2. The van der Waals surface area contributed by atoms with Crippen LogP contribution in [0.5, 0.6) is 5.75 Å². The smallest absolute Gasteiger partial charge is 0.283 e. The van der Waals surface area contributed by atoms with Gasteiger partial charge in [0, 0.05) is 16.5 Å². The summed E-state index contributed by atoms with van der Waals surface area (Å²) >= 11 is 3.51. The highest BCUT2D eigenvalue weighted by atomic mass is 79.9. The molecule has 0 saturated carbocycles. The molecule has 3 unspecified atom stereocenters. The molecule has 0 aromatic heterocycles. The van der Waals surface area contributed by atoms with Crippen LogP contribution in [0.25, 0.3) is 0 Å². The van der Waals surface area contributed by atoms with Crippen molar-refractivity contribution in [2.45, 2.75) is 30.6 Å². The average Bonchev–Trinajstić information content (AvgIpc) is 2.96. The lowest BCUT2D eigenvalue weighted by Gasteiger charge is -2.45. The summed E-state index contributed by atoms with van der Waals surface area (Å²) in [4.78, 5) is 4.60. The fourth-order valence-electron chi connectivity index (χ4n) is 3.47. The van der Waals surface area contributed by atoms with Crippen LogP contribution < -0.4 is 10.5 Å². The number of ether oxygens (including phenoxy) is 3. The molecule has 106 valence electrons. The molecule has 1 saturated heterocycles. The lowest BCUT2D eigenvalue weighted by Crippen LogP contribution is -2.57. The molecule has 4 rings (SSSR count). The first-order chi connectivity index (χ1) is 9.53. The molecule has 1 fully saturated rings. The first-order valence-electron chi connectivity index (χ1n) is 6.62. The van der Waals surface area contributed by atoms with Crippen LogP contribution in [0.1, 0.15) is 18.9 Å². The van der Waals surface area contributed by atoms with E-state index in [2.05, 4.69) is 27.8 Å². The summed E-state index contributed by atoms with van der Waals surface area (Å²) in [6, 6.07) is 6.16. The van der Waals surface area contributed by atoms with E-state index in [0.717, 1.165) is 22.2 Å². The highest BCUT2D eigenvalue weighted by Crippen LogP contribution is 2.52. The lowest BCUT2D eigenvalue weighted by molar-refractivity contribution is -0.0756. The maximum atomic E-state index is 6.21. The van der Waals surface area contributed by atoms with Crippen LogP contribution >= 0.6 is 15.9 Å². The quantitative estimate of drug-likeness (QED) is 0.784. The van der Waals surface area contributed by atoms with Crippen molar-refractivity contribution >= 4 is 22.0 Å². The van der Waals surface area contributed by atoms with Crippen LogP contribution in [0.15, 0.2) is 27.7 Å². The van der Waals surface area contributed by atoms with Crippen LogP contribution in [-0.4, -0.2) is 30.9 Å². The third kappa shape index (κ3) is 1.49. The molecule has 0 bridgehead atoms. The molecule has 3 heterocycles. The van der Waals surface area contributed by atoms with E-state index in [9.17, 15) is 0 Å². The van der Waals surface area contributed by atoms with Gasteiger partial charge in [0.2, 0.25) is 0 Å². The number of hydrogen-bond donors (Lipinski definition) is 1. The number of halogens is 1. The van der Waals surface area contributed by atoms with Crippen LogP contribution in [-0.2, 0) is 15.0 Å². The van der Waals surface area contributed by atoms with Crippen molar-refractivity contribution in [3.63, 3.8) is 0 Å². The van der Waals surface area contributed by atoms with Crippen molar-refractivity contribution in [2.24, 2.45) is 10.7 Å². The summed E-state index contributed by atoms with van der Waals surface area (Å²) in [5, 5.41) is 0. The second kappa shape index (κ2) is 3.89. The second-order valence-corrected chi connectivity index (χ2v) is 6.63. The molecular weight excluding hydrogens is 324 g/mol. The van der Waals surface area contributed by atoms with Crippen LogP contribution in [0.3, 0.4) is 0 Å². The average molecular weight is 339 g/mol. The minimum atomic E-state index is -0.604. The van der Waals surface area contributed by atoms with E-state index < -0.39 is 11.1 Å². The van der Waals surface area contributed by atoms with E-state index in [1.54, 1.807) is 0 Å². The molecule has 3 atom stereocenters. The third-order valence-electron chi connectivity index (χ3n) is 4.37. The molecule has 0 amide bonds. The van der Waals surface area contributed by atoms with Crippen LogP contribution in [0.4, 0.5) is 0 Å². The number of rotatable bonds is 0. The number of amidine groups is 1. The molecule has 1 aromatic carbocycles. The van der Waals surface area contributed by atoms with Crippen molar-refractivity contribution in [2.75, 3.05) is 13.2 Å². The summed E-state index contributed by atoms with van der Waals surface area (Å²) in [6.45, 7) is 3.13. The van der Waals surface area contributed by atoms with E-state index in [1.807, 2.05) is 18.2 Å². The Morgan fingerprint density at radius 1 is 1.45 bits per heavy atom. The standard InChI is InChI=1S/C14H15BrN2O3/c1-13-4-5-18-11(13)14(7-19-12(16)17-14)9-6-8(15)2-3-10(9)20-13/h2-3,6,11H,4-5,7H2,1H3,(H2,16,17). The topological polar surface area (TPSA) is 66.1 Å². The van der Waals surface area contributed by atoms with Gasteiger partial charge in [-0.1, -0.05) is 15.9 Å². The van der Waals surface area contributed by atoms with E-state index in [0.29, 0.717) is 13.2 Å². The molecule has 2 N–H and O–H groups in total. The number of hydrogen-bond acceptors (Lipinski definition) is 5. The van der Waals surface area contributed by atoms with Gasteiger partial charge in [-0.2, -0.15) is 0 Å². The highest BCUT2D eigenvalue weighted by Gasteiger charge is 2.62. The lowest BCUT2D eigenvalue weighted by atomic mass is 9.75. The Morgan fingerprint density at radius 3 is 3.05 bits per heavy atom. The normalized spacial score (nSPS) is 37.9. The minimum absolute atomic E-state index is 0.183. The summed E-state index contributed by atoms with van der Waals surface area (Å²) < 4.78 is 18.6.